The summed E-state index contributed by atoms with van der Waals surface area (Å²) in [6.45, 7) is 0. The lowest BCUT2D eigenvalue weighted by molar-refractivity contribution is 0.631. The number of hydrogen-bond acceptors (Lipinski definition) is 2. The molecule has 10 rings (SSSR count). The molecule has 1 heterocycles. The van der Waals surface area contributed by atoms with Gasteiger partial charge in [-0.05, 0) is 92.9 Å². The van der Waals surface area contributed by atoms with Gasteiger partial charge in [-0.15, -0.1) is 0 Å². The number of para-hydroxylation sites is 2. The molecule has 0 aliphatic carbocycles. The van der Waals surface area contributed by atoms with Crippen LogP contribution < -0.4 is 4.90 Å². The van der Waals surface area contributed by atoms with Gasteiger partial charge in [-0.3, -0.25) is 0 Å². The molecule has 0 amide bonds. The summed E-state index contributed by atoms with van der Waals surface area (Å²) in [6, 6.07) is 80.1. The number of nitrogens with zero attached hydrogens (tertiary/aromatic N) is 1. The van der Waals surface area contributed by atoms with E-state index in [9.17, 15) is 0 Å². The molecular formula is C54H37NO. The number of furan rings is 1. The van der Waals surface area contributed by atoms with Crippen LogP contribution in [0.1, 0.15) is 0 Å². The predicted octanol–water partition coefficient (Wildman–Crippen LogP) is 15.4. The fourth-order valence-electron chi connectivity index (χ4n) is 7.94. The highest BCUT2D eigenvalue weighted by atomic mass is 16.3. The van der Waals surface area contributed by atoms with Crippen molar-refractivity contribution in [1.29, 1.82) is 0 Å². The van der Waals surface area contributed by atoms with Crippen LogP contribution in [0.3, 0.4) is 0 Å². The second-order valence-electron chi connectivity index (χ2n) is 14.1. The molecule has 0 saturated carbocycles. The summed E-state index contributed by atoms with van der Waals surface area (Å²) in [7, 11) is 0. The molecule has 56 heavy (non-hydrogen) atoms. The second-order valence-corrected chi connectivity index (χ2v) is 14.1. The Labute approximate surface area is 327 Å². The van der Waals surface area contributed by atoms with Crippen LogP contribution in [0, 0.1) is 0 Å². The van der Waals surface area contributed by atoms with E-state index in [2.05, 4.69) is 211 Å². The van der Waals surface area contributed by atoms with Crippen LogP contribution in [0.25, 0.3) is 77.6 Å². The van der Waals surface area contributed by atoms with Crippen LogP contribution >= 0.6 is 0 Å². The van der Waals surface area contributed by atoms with Gasteiger partial charge in [-0.2, -0.15) is 0 Å². The average molecular weight is 716 g/mol. The van der Waals surface area contributed by atoms with Gasteiger partial charge in [0.1, 0.15) is 11.3 Å². The molecule has 0 radical (unpaired) electrons. The number of anilines is 3. The molecule has 0 spiro atoms. The van der Waals surface area contributed by atoms with Gasteiger partial charge in [-0.1, -0.05) is 176 Å². The van der Waals surface area contributed by atoms with Gasteiger partial charge in [-0.25, -0.2) is 0 Å². The van der Waals surface area contributed by atoms with E-state index in [0.717, 1.165) is 44.9 Å². The van der Waals surface area contributed by atoms with Crippen LogP contribution in [-0.4, -0.2) is 0 Å². The summed E-state index contributed by atoms with van der Waals surface area (Å²) in [5.41, 5.74) is 14.7. The van der Waals surface area contributed by atoms with Gasteiger partial charge in [0.25, 0.3) is 0 Å². The molecule has 0 atom stereocenters. The maximum Gasteiger partial charge on any atom is 0.135 e. The summed E-state index contributed by atoms with van der Waals surface area (Å²) in [5, 5.41) is 3.46. The Balaban J connectivity index is 1.11. The average Bonchev–Trinajstić information content (AvgIpc) is 3.73. The Morgan fingerprint density at radius 3 is 1.64 bits per heavy atom. The first-order valence-electron chi connectivity index (χ1n) is 19.1. The summed E-state index contributed by atoms with van der Waals surface area (Å²) in [4.78, 5) is 2.42. The summed E-state index contributed by atoms with van der Waals surface area (Å²) in [5.74, 6) is 0.868. The van der Waals surface area contributed by atoms with Crippen molar-refractivity contribution in [2.45, 2.75) is 0 Å². The number of rotatable bonds is 8. The molecule has 1 aromatic heterocycles. The number of hydrogen-bond donors (Lipinski definition) is 0. The highest BCUT2D eigenvalue weighted by molar-refractivity contribution is 6.07. The van der Waals surface area contributed by atoms with Gasteiger partial charge in [0.05, 0.1) is 11.4 Å². The quantitative estimate of drug-likeness (QED) is 0.156. The molecule has 0 N–H and O–H groups in total. The molecule has 264 valence electrons. The molecular weight excluding hydrogens is 679 g/mol. The lowest BCUT2D eigenvalue weighted by atomic mass is 9.94. The van der Waals surface area contributed by atoms with E-state index < -0.39 is 0 Å². The van der Waals surface area contributed by atoms with Gasteiger partial charge in [0, 0.05) is 27.6 Å². The summed E-state index contributed by atoms with van der Waals surface area (Å²) in [6.07, 6.45) is 0. The van der Waals surface area contributed by atoms with Crippen molar-refractivity contribution in [3.05, 3.63) is 224 Å². The zero-order chi connectivity index (χ0) is 37.3. The van der Waals surface area contributed by atoms with E-state index >= 15 is 0 Å². The Bertz CT molecular complexity index is 2930. The largest absolute Gasteiger partial charge is 0.456 e. The zero-order valence-corrected chi connectivity index (χ0v) is 30.7. The fourth-order valence-corrected chi connectivity index (χ4v) is 7.94. The van der Waals surface area contributed by atoms with Crippen LogP contribution in [-0.2, 0) is 0 Å². The lowest BCUT2D eigenvalue weighted by Crippen LogP contribution is -2.12. The van der Waals surface area contributed by atoms with E-state index in [1.807, 2.05) is 18.2 Å². The van der Waals surface area contributed by atoms with E-state index in [1.165, 1.54) is 49.7 Å². The number of fused-ring (bicyclic) bond motifs is 2. The SMILES string of the molecule is c1ccc(-c2cccc(-c3ccc(N(c4ccccc4-c4ccccc4)c4ccc(-c5cccc(-c6cc7ccccc7o6)c5)c5ccccc45)cc3)c2)cc1. The smallest absolute Gasteiger partial charge is 0.135 e. The molecule has 2 heteroatoms. The minimum atomic E-state index is 0.868. The van der Waals surface area contributed by atoms with Gasteiger partial charge >= 0.3 is 0 Å². The third kappa shape index (κ3) is 6.24. The lowest BCUT2D eigenvalue weighted by Gasteiger charge is -2.29. The van der Waals surface area contributed by atoms with Crippen LogP contribution in [0.4, 0.5) is 17.1 Å². The minimum Gasteiger partial charge on any atom is -0.456 e. The first kappa shape index (κ1) is 33.2. The van der Waals surface area contributed by atoms with Crippen molar-refractivity contribution in [3.63, 3.8) is 0 Å². The molecule has 10 aromatic rings. The van der Waals surface area contributed by atoms with Crippen molar-refractivity contribution in [3.8, 4) is 55.8 Å². The zero-order valence-electron chi connectivity index (χ0n) is 30.7. The monoisotopic (exact) mass is 715 g/mol. The normalized spacial score (nSPS) is 11.2. The molecule has 2 nitrogen and oxygen atoms in total. The highest BCUT2D eigenvalue weighted by Gasteiger charge is 2.21. The molecule has 0 fully saturated rings. The Hall–Kier alpha value is -7.42. The minimum absolute atomic E-state index is 0.868. The van der Waals surface area contributed by atoms with Crippen molar-refractivity contribution in [2.75, 3.05) is 4.90 Å². The van der Waals surface area contributed by atoms with Crippen LogP contribution in [0.2, 0.25) is 0 Å². The molecule has 0 aliphatic heterocycles. The van der Waals surface area contributed by atoms with Crippen LogP contribution in [0.5, 0.6) is 0 Å². The second kappa shape index (κ2) is 14.4. The maximum atomic E-state index is 6.28. The maximum absolute atomic E-state index is 6.28. The van der Waals surface area contributed by atoms with Crippen LogP contribution in [0.15, 0.2) is 229 Å². The van der Waals surface area contributed by atoms with Crippen molar-refractivity contribution >= 4 is 38.8 Å². The third-order valence-electron chi connectivity index (χ3n) is 10.7. The predicted molar refractivity (Wildman–Crippen MR) is 236 cm³/mol. The molecule has 0 unspecified atom stereocenters. The Morgan fingerprint density at radius 1 is 0.304 bits per heavy atom. The summed E-state index contributed by atoms with van der Waals surface area (Å²) < 4.78 is 6.28. The third-order valence-corrected chi connectivity index (χ3v) is 10.7. The summed E-state index contributed by atoms with van der Waals surface area (Å²) >= 11 is 0. The highest BCUT2D eigenvalue weighted by Crippen LogP contribution is 2.46. The van der Waals surface area contributed by atoms with Crippen molar-refractivity contribution in [1.82, 2.24) is 0 Å². The molecule has 9 aromatic carbocycles. The first-order valence-corrected chi connectivity index (χ1v) is 19.1. The number of benzene rings is 9. The molecule has 0 aliphatic rings. The van der Waals surface area contributed by atoms with Gasteiger partial charge in [0.2, 0.25) is 0 Å². The van der Waals surface area contributed by atoms with Gasteiger partial charge in [0.15, 0.2) is 0 Å². The fraction of sp³-hybridized carbons (Fsp3) is 0. The topological polar surface area (TPSA) is 16.4 Å². The van der Waals surface area contributed by atoms with Gasteiger partial charge < -0.3 is 9.32 Å². The van der Waals surface area contributed by atoms with E-state index in [4.69, 9.17) is 4.42 Å². The van der Waals surface area contributed by atoms with E-state index in [-0.39, 0.29) is 0 Å². The molecule has 0 bridgehead atoms. The van der Waals surface area contributed by atoms with E-state index in [1.54, 1.807) is 0 Å². The Kier molecular flexibility index (Phi) is 8.55. The first-order chi connectivity index (χ1) is 27.8. The van der Waals surface area contributed by atoms with E-state index in [0.29, 0.717) is 0 Å². The Morgan fingerprint density at radius 2 is 0.875 bits per heavy atom. The molecule has 0 saturated heterocycles. The van der Waals surface area contributed by atoms with Crippen molar-refractivity contribution < 1.29 is 4.42 Å². The standard InChI is InChI=1S/C54H37NO/c1-3-15-38(16-4-1)41-20-13-21-42(35-41)39-29-31-46(32-30-39)55(51-27-11-10-24-48(51)40-17-5-2-6-18-40)52-34-33-47(49-25-8-9-26-50(49)52)43-22-14-23-44(36-43)54-37-45-19-7-12-28-53(45)56-54/h1-37H. The van der Waals surface area contributed by atoms with Crippen molar-refractivity contribution in [2.24, 2.45) is 0 Å².